The number of nitrogens with one attached hydrogen (secondary N) is 1. The molecule has 0 aliphatic carbocycles. The number of methoxy groups -OCH3 is 1. The second kappa shape index (κ2) is 6.59. The van der Waals surface area contributed by atoms with Gasteiger partial charge in [0.1, 0.15) is 5.75 Å². The number of aryl methyl sites for hydroxylation is 1. The van der Waals surface area contributed by atoms with Gasteiger partial charge in [0.15, 0.2) is 0 Å². The Labute approximate surface area is 173 Å². The van der Waals surface area contributed by atoms with Gasteiger partial charge in [-0.3, -0.25) is 4.79 Å². The highest BCUT2D eigenvalue weighted by Gasteiger charge is 2.23. The fourth-order valence-corrected chi connectivity index (χ4v) is 3.86. The fourth-order valence-electron chi connectivity index (χ4n) is 3.50. The van der Waals surface area contributed by atoms with Crippen molar-refractivity contribution in [2.45, 2.75) is 0 Å². The minimum absolute atomic E-state index is 0.0512. The van der Waals surface area contributed by atoms with Crippen molar-refractivity contribution < 1.29 is 14.1 Å². The molecule has 0 saturated carbocycles. The maximum absolute atomic E-state index is 13.1. The summed E-state index contributed by atoms with van der Waals surface area (Å²) >= 11 is 3.46. The first-order valence-electron chi connectivity index (χ1n) is 8.83. The molecule has 7 nitrogen and oxygen atoms in total. The molecule has 0 amide bonds. The predicted octanol–water partition coefficient (Wildman–Crippen LogP) is 4.71. The van der Waals surface area contributed by atoms with Crippen molar-refractivity contribution in [1.29, 1.82) is 0 Å². The van der Waals surface area contributed by atoms with Gasteiger partial charge in [-0.05, 0) is 36.4 Å². The number of fused-ring (bicyclic) bond motifs is 2. The number of halogens is 1. The van der Waals surface area contributed by atoms with Crippen molar-refractivity contribution in [2.75, 3.05) is 7.11 Å². The van der Waals surface area contributed by atoms with Crippen molar-refractivity contribution >= 4 is 43.5 Å². The van der Waals surface area contributed by atoms with E-state index in [-0.39, 0.29) is 11.7 Å². The number of ether oxygens (including phenoxy) is 1. The molecule has 1 N–H and O–H groups in total. The van der Waals surface area contributed by atoms with Gasteiger partial charge >= 0.3 is 0 Å². The number of ketones is 1. The molecule has 0 spiro atoms. The number of carbonyl (C=O) groups excluding carboxylic acids is 1. The number of nitrogens with zero attached hydrogens (tertiary/aromatic N) is 3. The molecule has 29 heavy (non-hydrogen) atoms. The zero-order chi connectivity index (χ0) is 20.1. The number of rotatable bonds is 4. The second-order valence-corrected chi connectivity index (χ2v) is 7.60. The molecule has 8 heteroatoms. The van der Waals surface area contributed by atoms with Crippen LogP contribution in [0.1, 0.15) is 16.2 Å². The molecule has 0 fully saturated rings. The predicted molar refractivity (Wildman–Crippen MR) is 112 cm³/mol. The highest BCUT2D eigenvalue weighted by atomic mass is 79.9. The second-order valence-electron chi connectivity index (χ2n) is 6.68. The standard InChI is InChI=1S/C21H15BrN4O3/c1-26-10-16(14-7-11(22)3-6-18(14)26)19(27)21-24-20(25-29-21)15-9-23-17-5-4-12(28-2)8-13(15)17/h3-10,23H,1-2H3. The van der Waals surface area contributed by atoms with Gasteiger partial charge < -0.3 is 18.8 Å². The summed E-state index contributed by atoms with van der Waals surface area (Å²) < 4.78 is 13.4. The highest BCUT2D eigenvalue weighted by molar-refractivity contribution is 9.10. The number of aromatic amines is 1. The number of aromatic nitrogens is 4. The van der Waals surface area contributed by atoms with Crippen LogP contribution in [0.2, 0.25) is 0 Å². The van der Waals surface area contributed by atoms with E-state index < -0.39 is 0 Å². The van der Waals surface area contributed by atoms with Gasteiger partial charge in [-0.15, -0.1) is 0 Å². The van der Waals surface area contributed by atoms with E-state index in [1.807, 2.05) is 48.0 Å². The Hall–Kier alpha value is -3.39. The minimum atomic E-state index is -0.315. The van der Waals surface area contributed by atoms with Crippen molar-refractivity contribution in [1.82, 2.24) is 19.7 Å². The molecule has 0 atom stereocenters. The summed E-state index contributed by atoms with van der Waals surface area (Å²) in [5, 5.41) is 5.74. The van der Waals surface area contributed by atoms with Gasteiger partial charge in [0.2, 0.25) is 5.82 Å². The third kappa shape index (κ3) is 2.84. The molecule has 2 aromatic carbocycles. The Balaban J connectivity index is 1.57. The van der Waals surface area contributed by atoms with Crippen LogP contribution in [0.4, 0.5) is 0 Å². The van der Waals surface area contributed by atoms with Crippen molar-refractivity contribution in [3.63, 3.8) is 0 Å². The number of H-pyrrole nitrogens is 1. The molecule has 0 radical (unpaired) electrons. The summed E-state index contributed by atoms with van der Waals surface area (Å²) in [6.45, 7) is 0. The van der Waals surface area contributed by atoms with Crippen LogP contribution in [0.5, 0.6) is 5.75 Å². The normalized spacial score (nSPS) is 11.4. The van der Waals surface area contributed by atoms with E-state index in [0.717, 1.165) is 37.6 Å². The summed E-state index contributed by atoms with van der Waals surface area (Å²) in [6.07, 6.45) is 3.57. The van der Waals surface area contributed by atoms with Crippen LogP contribution in [-0.4, -0.2) is 32.6 Å². The first-order chi connectivity index (χ1) is 14.0. The van der Waals surface area contributed by atoms with E-state index in [0.29, 0.717) is 11.4 Å². The van der Waals surface area contributed by atoms with E-state index in [1.165, 1.54) is 0 Å². The number of benzene rings is 2. The van der Waals surface area contributed by atoms with E-state index in [9.17, 15) is 4.79 Å². The van der Waals surface area contributed by atoms with Crippen molar-refractivity contribution in [3.8, 4) is 17.1 Å². The van der Waals surface area contributed by atoms with Crippen LogP contribution in [0, 0.1) is 0 Å². The molecule has 0 bridgehead atoms. The fraction of sp³-hybridized carbons (Fsp3) is 0.0952. The van der Waals surface area contributed by atoms with Crippen LogP contribution in [0.3, 0.4) is 0 Å². The summed E-state index contributed by atoms with van der Waals surface area (Å²) in [5.41, 5.74) is 3.11. The molecule has 0 aliphatic rings. The van der Waals surface area contributed by atoms with Gasteiger partial charge in [-0.2, -0.15) is 4.98 Å². The molecular formula is C21H15BrN4O3. The van der Waals surface area contributed by atoms with Crippen LogP contribution in [-0.2, 0) is 7.05 Å². The third-order valence-electron chi connectivity index (χ3n) is 4.95. The zero-order valence-electron chi connectivity index (χ0n) is 15.6. The maximum Gasteiger partial charge on any atom is 0.299 e. The smallest absolute Gasteiger partial charge is 0.299 e. The van der Waals surface area contributed by atoms with Crippen molar-refractivity contribution in [3.05, 3.63) is 64.7 Å². The number of hydrogen-bond acceptors (Lipinski definition) is 5. The summed E-state index contributed by atoms with van der Waals surface area (Å²) in [7, 11) is 3.51. The van der Waals surface area contributed by atoms with Gasteiger partial charge in [-0.1, -0.05) is 21.1 Å². The third-order valence-corrected chi connectivity index (χ3v) is 5.44. The molecule has 0 unspecified atom stereocenters. The molecule has 3 heterocycles. The molecule has 3 aromatic heterocycles. The van der Waals surface area contributed by atoms with Crippen molar-refractivity contribution in [2.24, 2.45) is 7.05 Å². The minimum Gasteiger partial charge on any atom is -0.497 e. The van der Waals surface area contributed by atoms with Crippen LogP contribution < -0.4 is 4.74 Å². The summed E-state index contributed by atoms with van der Waals surface area (Å²) in [5.74, 6) is 0.698. The topological polar surface area (TPSA) is 85.9 Å². The summed E-state index contributed by atoms with van der Waals surface area (Å²) in [6, 6.07) is 11.5. The highest BCUT2D eigenvalue weighted by Crippen LogP contribution is 2.31. The summed E-state index contributed by atoms with van der Waals surface area (Å²) in [4.78, 5) is 20.6. The molecule has 5 rings (SSSR count). The van der Waals surface area contributed by atoms with Crippen LogP contribution >= 0.6 is 15.9 Å². The maximum atomic E-state index is 13.1. The SMILES string of the molecule is COc1ccc2[nH]cc(-c3noc(C(=O)c4cn(C)c5ccc(Br)cc45)n3)c2c1. The van der Waals surface area contributed by atoms with Crippen LogP contribution in [0.15, 0.2) is 57.8 Å². The largest absolute Gasteiger partial charge is 0.497 e. The molecule has 0 aliphatic heterocycles. The van der Waals surface area contributed by atoms with Gasteiger partial charge in [0.25, 0.3) is 11.7 Å². The molecule has 0 saturated heterocycles. The van der Waals surface area contributed by atoms with Crippen LogP contribution in [0.25, 0.3) is 33.2 Å². The van der Waals surface area contributed by atoms with E-state index in [2.05, 4.69) is 31.1 Å². The Bertz CT molecular complexity index is 1400. The monoisotopic (exact) mass is 450 g/mol. The van der Waals surface area contributed by atoms with Gasteiger partial charge in [-0.25, -0.2) is 0 Å². The molecular weight excluding hydrogens is 436 g/mol. The lowest BCUT2D eigenvalue weighted by Crippen LogP contribution is -2.01. The lowest BCUT2D eigenvalue weighted by atomic mass is 10.1. The lowest BCUT2D eigenvalue weighted by molar-refractivity contribution is 0.0995. The Morgan fingerprint density at radius 1 is 1.21 bits per heavy atom. The quantitative estimate of drug-likeness (QED) is 0.400. The van der Waals surface area contributed by atoms with E-state index >= 15 is 0 Å². The van der Waals surface area contributed by atoms with E-state index in [4.69, 9.17) is 9.26 Å². The first-order valence-corrected chi connectivity index (χ1v) is 9.63. The average molecular weight is 451 g/mol. The number of hydrogen-bond donors (Lipinski definition) is 1. The zero-order valence-corrected chi connectivity index (χ0v) is 17.1. The lowest BCUT2D eigenvalue weighted by Gasteiger charge is -1.99. The molecule has 5 aromatic rings. The first kappa shape index (κ1) is 17.7. The Kier molecular flexibility index (Phi) is 4.02. The number of carbonyl (C=O) groups is 1. The van der Waals surface area contributed by atoms with Gasteiger partial charge in [0, 0.05) is 51.3 Å². The van der Waals surface area contributed by atoms with E-state index in [1.54, 1.807) is 19.5 Å². The average Bonchev–Trinajstić information content (AvgIpc) is 3.44. The van der Waals surface area contributed by atoms with Gasteiger partial charge in [0.05, 0.1) is 12.7 Å². The Morgan fingerprint density at radius 2 is 2.07 bits per heavy atom. The molecule has 144 valence electrons. The Morgan fingerprint density at radius 3 is 2.90 bits per heavy atom.